The van der Waals surface area contributed by atoms with Gasteiger partial charge in [0.15, 0.2) is 11.4 Å². The highest BCUT2D eigenvalue weighted by atomic mass is 32.1. The minimum Gasteiger partial charge on any atom is -0.496 e. The number of esters is 2. The van der Waals surface area contributed by atoms with Gasteiger partial charge in [-0.15, -0.1) is 0 Å². The SMILES string of the molecule is CCOC(=O)COc1cccc(C=c2sc3n(c2=O)C(c2ccccc2OC)C(C(=O)OCCOC)=C(C)N=3)c1. The van der Waals surface area contributed by atoms with Crippen molar-refractivity contribution in [2.24, 2.45) is 4.99 Å². The summed E-state index contributed by atoms with van der Waals surface area (Å²) >= 11 is 1.20. The molecular formula is C29H30N2O8S. The monoisotopic (exact) mass is 566 g/mol. The van der Waals surface area contributed by atoms with E-state index >= 15 is 0 Å². The quantitative estimate of drug-likeness (QED) is 0.257. The molecule has 2 aromatic carbocycles. The fraction of sp³-hybridized carbons (Fsp3) is 0.310. The number of allylic oxidation sites excluding steroid dienone is 1. The molecule has 0 spiro atoms. The van der Waals surface area contributed by atoms with Crippen LogP contribution in [0.1, 0.15) is 31.0 Å². The Morgan fingerprint density at radius 2 is 1.88 bits per heavy atom. The second-order valence-electron chi connectivity index (χ2n) is 8.62. The lowest BCUT2D eigenvalue weighted by Crippen LogP contribution is -2.40. The van der Waals surface area contributed by atoms with Crippen LogP contribution in [0.4, 0.5) is 0 Å². The second-order valence-corrected chi connectivity index (χ2v) is 9.63. The molecule has 2 heterocycles. The summed E-state index contributed by atoms with van der Waals surface area (Å²) in [7, 11) is 3.05. The highest BCUT2D eigenvalue weighted by Gasteiger charge is 2.35. The zero-order valence-corrected chi connectivity index (χ0v) is 23.5. The van der Waals surface area contributed by atoms with Gasteiger partial charge in [-0.05, 0) is 43.7 Å². The van der Waals surface area contributed by atoms with E-state index < -0.39 is 18.0 Å². The van der Waals surface area contributed by atoms with Crippen molar-refractivity contribution in [2.45, 2.75) is 19.9 Å². The Morgan fingerprint density at radius 3 is 2.62 bits per heavy atom. The van der Waals surface area contributed by atoms with E-state index in [1.54, 1.807) is 44.2 Å². The molecule has 0 saturated carbocycles. The lowest BCUT2D eigenvalue weighted by Gasteiger charge is -2.26. The van der Waals surface area contributed by atoms with Gasteiger partial charge in [-0.1, -0.05) is 41.7 Å². The molecule has 210 valence electrons. The number of thiazole rings is 1. The van der Waals surface area contributed by atoms with Gasteiger partial charge in [0.05, 0.1) is 36.1 Å². The van der Waals surface area contributed by atoms with Gasteiger partial charge in [0.25, 0.3) is 5.56 Å². The topological polar surface area (TPSA) is 115 Å². The molecule has 0 fully saturated rings. The molecule has 1 aliphatic rings. The van der Waals surface area contributed by atoms with Crippen LogP contribution in [-0.2, 0) is 23.8 Å². The number of nitrogens with zero attached hydrogens (tertiary/aromatic N) is 2. The summed E-state index contributed by atoms with van der Waals surface area (Å²) in [6.45, 7) is 3.79. The largest absolute Gasteiger partial charge is 0.496 e. The number of ether oxygens (including phenoxy) is 5. The Morgan fingerprint density at radius 1 is 1.07 bits per heavy atom. The van der Waals surface area contributed by atoms with E-state index in [4.69, 9.17) is 23.7 Å². The first-order valence-corrected chi connectivity index (χ1v) is 13.4. The predicted octanol–water partition coefficient (Wildman–Crippen LogP) is 2.38. The van der Waals surface area contributed by atoms with Gasteiger partial charge < -0.3 is 23.7 Å². The molecule has 11 heteroatoms. The first-order chi connectivity index (χ1) is 19.4. The maximum absolute atomic E-state index is 13.9. The Labute approximate surface area is 234 Å². The van der Waals surface area contributed by atoms with Gasteiger partial charge in [0.2, 0.25) is 0 Å². The molecule has 1 aliphatic heterocycles. The Balaban J connectivity index is 1.79. The second kappa shape index (κ2) is 13.2. The van der Waals surface area contributed by atoms with Crippen molar-refractivity contribution < 1.29 is 33.3 Å². The van der Waals surface area contributed by atoms with Crippen LogP contribution >= 0.6 is 11.3 Å². The van der Waals surface area contributed by atoms with Crippen LogP contribution in [0.15, 0.2) is 69.6 Å². The molecule has 0 bridgehead atoms. The maximum Gasteiger partial charge on any atom is 0.344 e. The highest BCUT2D eigenvalue weighted by Crippen LogP contribution is 2.35. The smallest absolute Gasteiger partial charge is 0.344 e. The molecule has 4 rings (SSSR count). The third kappa shape index (κ3) is 6.32. The molecule has 0 radical (unpaired) electrons. The van der Waals surface area contributed by atoms with Crippen LogP contribution in [0.3, 0.4) is 0 Å². The number of para-hydroxylation sites is 1. The minimum atomic E-state index is -0.816. The Hall–Kier alpha value is -4.22. The third-order valence-corrected chi connectivity index (χ3v) is 7.00. The van der Waals surface area contributed by atoms with E-state index in [0.29, 0.717) is 37.7 Å². The molecule has 0 N–H and O–H groups in total. The first-order valence-electron chi connectivity index (χ1n) is 12.6. The lowest BCUT2D eigenvalue weighted by atomic mass is 9.95. The molecular weight excluding hydrogens is 536 g/mol. The molecule has 3 aromatic rings. The number of aromatic nitrogens is 1. The van der Waals surface area contributed by atoms with Crippen LogP contribution in [0.25, 0.3) is 6.08 Å². The van der Waals surface area contributed by atoms with Crippen molar-refractivity contribution in [2.75, 3.05) is 40.6 Å². The summed E-state index contributed by atoms with van der Waals surface area (Å²) in [5.74, 6) is -0.0803. The van der Waals surface area contributed by atoms with Crippen LogP contribution in [0, 0.1) is 0 Å². The number of carbonyl (C=O) groups is 2. The van der Waals surface area contributed by atoms with E-state index in [0.717, 1.165) is 0 Å². The number of carbonyl (C=O) groups excluding carboxylic acids is 2. The van der Waals surface area contributed by atoms with Gasteiger partial charge >= 0.3 is 11.9 Å². The zero-order chi connectivity index (χ0) is 28.6. The number of hydrogen-bond acceptors (Lipinski definition) is 10. The summed E-state index contributed by atoms with van der Waals surface area (Å²) < 4.78 is 28.4. The summed E-state index contributed by atoms with van der Waals surface area (Å²) in [4.78, 5) is 43.8. The van der Waals surface area contributed by atoms with E-state index in [9.17, 15) is 14.4 Å². The molecule has 10 nitrogen and oxygen atoms in total. The third-order valence-electron chi connectivity index (χ3n) is 6.01. The summed E-state index contributed by atoms with van der Waals surface area (Å²) in [5.41, 5.74) is 1.68. The number of methoxy groups -OCH3 is 2. The van der Waals surface area contributed by atoms with E-state index in [1.807, 2.05) is 24.3 Å². The van der Waals surface area contributed by atoms with Crippen molar-refractivity contribution in [1.29, 1.82) is 0 Å². The van der Waals surface area contributed by atoms with Crippen molar-refractivity contribution >= 4 is 29.4 Å². The Kier molecular flexibility index (Phi) is 9.52. The van der Waals surface area contributed by atoms with Crippen molar-refractivity contribution in [3.8, 4) is 11.5 Å². The summed E-state index contributed by atoms with van der Waals surface area (Å²) in [6, 6.07) is 13.4. The van der Waals surface area contributed by atoms with E-state index in [-0.39, 0.29) is 37.6 Å². The van der Waals surface area contributed by atoms with Crippen LogP contribution in [0.5, 0.6) is 11.5 Å². The average molecular weight is 567 g/mol. The van der Waals surface area contributed by atoms with Gasteiger partial charge in [0.1, 0.15) is 24.1 Å². The summed E-state index contributed by atoms with van der Waals surface area (Å²) in [6.07, 6.45) is 1.72. The van der Waals surface area contributed by atoms with Gasteiger partial charge in [0, 0.05) is 12.7 Å². The average Bonchev–Trinajstić information content (AvgIpc) is 3.25. The molecule has 0 saturated heterocycles. The summed E-state index contributed by atoms with van der Waals surface area (Å²) in [5, 5.41) is 0. The molecule has 0 amide bonds. The Bertz CT molecular complexity index is 1600. The standard InChI is InChI=1S/C29H30N2O8S/c1-5-37-24(32)17-39-20-10-8-9-19(15-20)16-23-27(33)31-26(21-11-6-7-12-22(21)36-4)25(18(2)30-29(31)40-23)28(34)38-14-13-35-3/h6-12,15-16,26H,5,13-14,17H2,1-4H3. The fourth-order valence-corrected chi connectivity index (χ4v) is 5.30. The van der Waals surface area contributed by atoms with Gasteiger partial charge in [-0.25, -0.2) is 14.6 Å². The van der Waals surface area contributed by atoms with Gasteiger partial charge in [-0.2, -0.15) is 0 Å². The maximum atomic E-state index is 13.9. The predicted molar refractivity (Wildman–Crippen MR) is 148 cm³/mol. The van der Waals surface area contributed by atoms with Crippen LogP contribution in [0.2, 0.25) is 0 Å². The molecule has 40 heavy (non-hydrogen) atoms. The van der Waals surface area contributed by atoms with Crippen LogP contribution in [-0.4, -0.2) is 57.2 Å². The number of rotatable bonds is 11. The van der Waals surface area contributed by atoms with Gasteiger partial charge in [-0.3, -0.25) is 9.36 Å². The first kappa shape index (κ1) is 28.8. The van der Waals surface area contributed by atoms with E-state index in [1.165, 1.54) is 30.1 Å². The minimum absolute atomic E-state index is 0.0593. The molecule has 1 unspecified atom stereocenters. The van der Waals surface area contributed by atoms with Crippen molar-refractivity contribution in [1.82, 2.24) is 4.57 Å². The normalized spacial score (nSPS) is 14.8. The highest BCUT2D eigenvalue weighted by molar-refractivity contribution is 7.07. The number of benzene rings is 2. The van der Waals surface area contributed by atoms with Crippen molar-refractivity contribution in [3.05, 3.63) is 90.6 Å². The van der Waals surface area contributed by atoms with Crippen molar-refractivity contribution in [3.63, 3.8) is 0 Å². The molecule has 1 aromatic heterocycles. The zero-order valence-electron chi connectivity index (χ0n) is 22.7. The van der Waals surface area contributed by atoms with Crippen LogP contribution < -0.4 is 24.4 Å². The molecule has 0 aliphatic carbocycles. The molecule has 1 atom stereocenters. The number of fused-ring (bicyclic) bond motifs is 1. The number of hydrogen-bond donors (Lipinski definition) is 0. The van der Waals surface area contributed by atoms with E-state index in [2.05, 4.69) is 4.99 Å². The lowest BCUT2D eigenvalue weighted by molar-refractivity contribution is -0.145. The fourth-order valence-electron chi connectivity index (χ4n) is 4.26.